The summed E-state index contributed by atoms with van der Waals surface area (Å²) in [6.45, 7) is 3.09. The number of hydrogen-bond donors (Lipinski definition) is 0. The Morgan fingerprint density at radius 2 is 1.07 bits per heavy atom. The Balaban J connectivity index is 0.000000280. The van der Waals surface area contributed by atoms with Gasteiger partial charge in [0, 0.05) is 11.1 Å². The van der Waals surface area contributed by atoms with Crippen molar-refractivity contribution in [3.8, 4) is 0 Å². The molecule has 0 amide bonds. The van der Waals surface area contributed by atoms with Gasteiger partial charge in [-0.2, -0.15) is 0 Å². The van der Waals surface area contributed by atoms with E-state index >= 15 is 0 Å². The quantitative estimate of drug-likeness (QED) is 0.585. The summed E-state index contributed by atoms with van der Waals surface area (Å²) in [6.07, 6.45) is 1.05. The second-order valence-corrected chi connectivity index (χ2v) is 5.61. The molecule has 0 fully saturated rings. The van der Waals surface area contributed by atoms with Gasteiger partial charge in [0.15, 0.2) is 0 Å². The van der Waals surface area contributed by atoms with Crippen molar-refractivity contribution in [2.75, 3.05) is 14.2 Å². The summed E-state index contributed by atoms with van der Waals surface area (Å²) in [5.41, 5.74) is 0.925. The molecule has 0 bridgehead atoms. The molecule has 28 heavy (non-hydrogen) atoms. The number of hydrogen-bond acceptors (Lipinski definition) is 6. The van der Waals surface area contributed by atoms with Crippen molar-refractivity contribution in [3.63, 3.8) is 0 Å². The molecule has 0 unspecified atom stereocenters. The van der Waals surface area contributed by atoms with Crippen molar-refractivity contribution in [1.29, 1.82) is 0 Å². The molecule has 0 saturated heterocycles. The van der Waals surface area contributed by atoms with Crippen LogP contribution in [0.15, 0.2) is 24.3 Å². The minimum Gasteiger partial charge on any atom is -0.465 e. The molecule has 2 aromatic carbocycles. The van der Waals surface area contributed by atoms with Crippen molar-refractivity contribution in [2.24, 2.45) is 0 Å². The molecule has 0 atom stereocenters. The van der Waals surface area contributed by atoms with Crippen LogP contribution in [0, 0.1) is 25.5 Å². The zero-order chi connectivity index (χ0) is 21.4. The first-order valence-corrected chi connectivity index (χ1v) is 7.87. The third-order valence-electron chi connectivity index (χ3n) is 3.67. The molecule has 0 spiro atoms. The van der Waals surface area contributed by atoms with E-state index in [0.29, 0.717) is 23.7 Å². The monoisotopic (exact) mass is 392 g/mol. The van der Waals surface area contributed by atoms with Crippen LogP contribution in [0.3, 0.4) is 0 Å². The van der Waals surface area contributed by atoms with E-state index in [4.69, 9.17) is 0 Å². The zero-order valence-electron chi connectivity index (χ0n) is 15.7. The number of benzene rings is 2. The van der Waals surface area contributed by atoms with Gasteiger partial charge in [-0.25, -0.2) is 18.4 Å². The molecular weight excluding hydrogens is 374 g/mol. The highest BCUT2D eigenvalue weighted by Crippen LogP contribution is 2.17. The Labute approximate surface area is 160 Å². The number of carbonyl (C=O) groups is 4. The maximum atomic E-state index is 13.3. The molecule has 0 aromatic heterocycles. The lowest BCUT2D eigenvalue weighted by molar-refractivity contribution is 0.0585. The number of esters is 2. The second kappa shape index (κ2) is 10.1. The van der Waals surface area contributed by atoms with Crippen molar-refractivity contribution in [2.45, 2.75) is 13.8 Å². The number of ether oxygens (including phenoxy) is 2. The maximum absolute atomic E-state index is 13.3. The van der Waals surface area contributed by atoms with Crippen LogP contribution in [-0.2, 0) is 9.47 Å². The molecule has 0 aliphatic heterocycles. The lowest BCUT2D eigenvalue weighted by Crippen LogP contribution is -2.07. The van der Waals surface area contributed by atoms with E-state index in [-0.39, 0.29) is 22.3 Å². The van der Waals surface area contributed by atoms with E-state index in [2.05, 4.69) is 9.47 Å². The third kappa shape index (κ3) is 5.29. The number of aryl methyl sites for hydroxylation is 2. The number of halogens is 2. The minimum atomic E-state index is -0.738. The molecule has 2 rings (SSSR count). The summed E-state index contributed by atoms with van der Waals surface area (Å²) in [5.74, 6) is -2.95. The molecule has 0 N–H and O–H groups in total. The predicted octanol–water partition coefficient (Wildman–Crippen LogP) is 3.47. The van der Waals surface area contributed by atoms with Crippen LogP contribution in [0.2, 0.25) is 0 Å². The van der Waals surface area contributed by atoms with Crippen molar-refractivity contribution < 1.29 is 37.4 Å². The van der Waals surface area contributed by atoms with E-state index in [1.165, 1.54) is 26.4 Å². The highest BCUT2D eigenvalue weighted by Gasteiger charge is 2.16. The highest BCUT2D eigenvalue weighted by molar-refractivity contribution is 5.93. The van der Waals surface area contributed by atoms with Gasteiger partial charge in [-0.15, -0.1) is 0 Å². The van der Waals surface area contributed by atoms with Crippen molar-refractivity contribution >= 4 is 24.5 Å². The van der Waals surface area contributed by atoms with Gasteiger partial charge in [0.1, 0.15) is 24.2 Å². The van der Waals surface area contributed by atoms with Gasteiger partial charge < -0.3 is 9.47 Å². The molecule has 0 aliphatic rings. The van der Waals surface area contributed by atoms with E-state index in [0.717, 1.165) is 12.1 Å². The fourth-order valence-electron chi connectivity index (χ4n) is 2.40. The summed E-state index contributed by atoms with van der Waals surface area (Å²) < 4.78 is 35.4. The normalized spacial score (nSPS) is 9.64. The van der Waals surface area contributed by atoms with Gasteiger partial charge in [0.05, 0.1) is 25.3 Å². The first-order chi connectivity index (χ1) is 13.2. The second-order valence-electron chi connectivity index (χ2n) is 5.61. The van der Waals surface area contributed by atoms with E-state index in [1.807, 2.05) is 0 Å². The number of carbonyl (C=O) groups excluding carboxylic acids is 4. The Morgan fingerprint density at radius 1 is 0.750 bits per heavy atom. The van der Waals surface area contributed by atoms with Gasteiger partial charge >= 0.3 is 11.9 Å². The SMILES string of the molecule is COC(=O)c1c(C)cc(C=O)cc1F.COC(=O)c1c(C)cc(C=O)cc1F. The molecule has 6 nitrogen and oxygen atoms in total. The minimum absolute atomic E-state index is 0.127. The van der Waals surface area contributed by atoms with Crippen LogP contribution in [0.1, 0.15) is 52.6 Å². The first-order valence-electron chi connectivity index (χ1n) is 7.87. The molecule has 0 heterocycles. The molecule has 2 aromatic rings. The number of aldehydes is 2. The Bertz CT molecular complexity index is 799. The Kier molecular flexibility index (Phi) is 8.12. The Morgan fingerprint density at radius 3 is 1.29 bits per heavy atom. The van der Waals surface area contributed by atoms with Gasteiger partial charge in [-0.05, 0) is 49.2 Å². The number of methoxy groups -OCH3 is 2. The van der Waals surface area contributed by atoms with E-state index in [9.17, 15) is 28.0 Å². The first kappa shape index (κ1) is 22.6. The molecule has 0 radical (unpaired) electrons. The lowest BCUT2D eigenvalue weighted by atomic mass is 10.1. The third-order valence-corrected chi connectivity index (χ3v) is 3.67. The molecule has 8 heteroatoms. The van der Waals surface area contributed by atoms with Crippen LogP contribution in [0.5, 0.6) is 0 Å². The smallest absolute Gasteiger partial charge is 0.341 e. The Hall–Kier alpha value is -3.42. The maximum Gasteiger partial charge on any atom is 0.341 e. The van der Waals surface area contributed by atoms with Crippen molar-refractivity contribution in [1.82, 2.24) is 0 Å². The molecular formula is C20H18F2O6. The van der Waals surface area contributed by atoms with Gasteiger partial charge in [-0.3, -0.25) is 9.59 Å². The summed E-state index contributed by atoms with van der Waals surface area (Å²) in [7, 11) is 2.35. The zero-order valence-corrected chi connectivity index (χ0v) is 15.7. The van der Waals surface area contributed by atoms with Crippen LogP contribution in [0.25, 0.3) is 0 Å². The average Bonchev–Trinajstić information content (AvgIpc) is 2.66. The molecule has 0 aliphatic carbocycles. The largest absolute Gasteiger partial charge is 0.465 e. The summed E-state index contributed by atoms with van der Waals surface area (Å²) in [4.78, 5) is 43.0. The predicted molar refractivity (Wildman–Crippen MR) is 95.7 cm³/mol. The fraction of sp³-hybridized carbons (Fsp3) is 0.200. The van der Waals surface area contributed by atoms with Crippen LogP contribution in [-0.4, -0.2) is 38.7 Å². The molecule has 148 valence electrons. The van der Waals surface area contributed by atoms with Gasteiger partial charge in [0.2, 0.25) is 0 Å². The lowest BCUT2D eigenvalue weighted by Gasteiger charge is -2.05. The van der Waals surface area contributed by atoms with E-state index in [1.54, 1.807) is 13.8 Å². The fourth-order valence-corrected chi connectivity index (χ4v) is 2.40. The van der Waals surface area contributed by atoms with Gasteiger partial charge in [-0.1, -0.05) is 0 Å². The summed E-state index contributed by atoms with van der Waals surface area (Å²) >= 11 is 0. The summed E-state index contributed by atoms with van der Waals surface area (Å²) in [6, 6.07) is 4.88. The number of rotatable bonds is 4. The molecule has 0 saturated carbocycles. The van der Waals surface area contributed by atoms with Gasteiger partial charge in [0.25, 0.3) is 0 Å². The van der Waals surface area contributed by atoms with Crippen LogP contribution in [0.4, 0.5) is 8.78 Å². The van der Waals surface area contributed by atoms with E-state index < -0.39 is 23.6 Å². The van der Waals surface area contributed by atoms with Crippen molar-refractivity contribution in [3.05, 3.63) is 69.3 Å². The van der Waals surface area contributed by atoms with Crippen LogP contribution >= 0.6 is 0 Å². The highest BCUT2D eigenvalue weighted by atomic mass is 19.1. The summed E-state index contributed by atoms with van der Waals surface area (Å²) in [5, 5.41) is 0. The van der Waals surface area contributed by atoms with Crippen LogP contribution < -0.4 is 0 Å². The average molecular weight is 392 g/mol. The standard InChI is InChI=1S/2C10H9FO3/c2*1-6-3-7(5-12)4-8(11)9(6)10(13)14-2/h2*3-5H,1-2H3. The topological polar surface area (TPSA) is 86.7 Å².